The summed E-state index contributed by atoms with van der Waals surface area (Å²) in [6.07, 6.45) is 7.47. The molecule has 0 atom stereocenters. The van der Waals surface area contributed by atoms with Crippen LogP contribution in [0, 0.1) is 0 Å². The Balaban J connectivity index is -0.000000145. The van der Waals surface area contributed by atoms with E-state index in [0.717, 1.165) is 6.42 Å². The van der Waals surface area contributed by atoms with Crippen LogP contribution in [0.5, 0.6) is 0 Å². The monoisotopic (exact) mass is 267 g/mol. The summed E-state index contributed by atoms with van der Waals surface area (Å²) < 4.78 is 1.41. The predicted molar refractivity (Wildman–Crippen MR) is 60.8 cm³/mol. The van der Waals surface area contributed by atoms with Gasteiger partial charge in [0.15, 0.2) is 0 Å². The maximum atomic E-state index is 6.58. The van der Waals surface area contributed by atoms with Gasteiger partial charge in [0, 0.05) is 0 Å². The van der Waals surface area contributed by atoms with Gasteiger partial charge in [0.2, 0.25) is 0 Å². The fraction of sp³-hybridized carbons (Fsp3) is 0.636. The van der Waals surface area contributed by atoms with Crippen molar-refractivity contribution in [1.82, 2.24) is 0 Å². The average molecular weight is 268 g/mol. The van der Waals surface area contributed by atoms with Crippen LogP contribution in [0.25, 0.3) is 11.5 Å². The van der Waals surface area contributed by atoms with Crippen LogP contribution in [0.2, 0.25) is 0 Å². The van der Waals surface area contributed by atoms with Gasteiger partial charge >= 0.3 is 46.4 Å². The molecule has 0 unspecified atom stereocenters. The third-order valence-corrected chi connectivity index (χ3v) is 1.27. The zero-order valence-electron chi connectivity index (χ0n) is 9.92. The molecule has 0 aromatic carbocycles. The third-order valence-electron chi connectivity index (χ3n) is 0.752. The summed E-state index contributed by atoms with van der Waals surface area (Å²) in [5.74, 6) is 0. The van der Waals surface area contributed by atoms with Crippen molar-refractivity contribution in [2.45, 2.75) is 46.2 Å². The summed E-state index contributed by atoms with van der Waals surface area (Å²) in [6, 6.07) is 0.167. The van der Waals surface area contributed by atoms with E-state index >= 15 is 0 Å². The van der Waals surface area contributed by atoms with E-state index in [9.17, 15) is 0 Å². The number of nitrogens with one attached hydrogen (secondary N) is 2. The fourth-order valence-electron chi connectivity index (χ4n) is 0.436. The Bertz CT molecular complexity index is 166. The Morgan fingerprint density at radius 2 is 1.47 bits per heavy atom. The van der Waals surface area contributed by atoms with Crippen molar-refractivity contribution in [3.05, 3.63) is 34.0 Å². The van der Waals surface area contributed by atoms with Crippen molar-refractivity contribution in [2.24, 2.45) is 0 Å². The van der Waals surface area contributed by atoms with Gasteiger partial charge in [-0.3, -0.25) is 0 Å². The van der Waals surface area contributed by atoms with Gasteiger partial charge in [-0.2, -0.15) is 0 Å². The molecule has 4 heteroatoms. The summed E-state index contributed by atoms with van der Waals surface area (Å²) in [5, 5.41) is 0. The molecule has 0 amide bonds. The van der Waals surface area contributed by atoms with Crippen molar-refractivity contribution in [2.75, 3.05) is 0 Å². The van der Waals surface area contributed by atoms with Gasteiger partial charge < -0.3 is 23.9 Å². The molecule has 0 bridgehead atoms. The number of hydrogen-bond acceptors (Lipinski definition) is 0. The topological polar surface area (TPSA) is 47.6 Å². The molecule has 15 heavy (non-hydrogen) atoms. The minimum absolute atomic E-state index is 0. The van der Waals surface area contributed by atoms with Crippen LogP contribution in [0.3, 0.4) is 0 Å². The molecule has 0 heterocycles. The molecule has 1 aliphatic carbocycles. The van der Waals surface area contributed by atoms with Crippen molar-refractivity contribution in [3.63, 3.8) is 0 Å². The third kappa shape index (κ3) is 40.6. The molecular weight excluding hydrogens is 247 g/mol. The molecule has 0 saturated heterocycles. The van der Waals surface area contributed by atoms with Gasteiger partial charge in [-0.1, -0.05) is 27.7 Å². The number of hydrogen-bond donors (Lipinski definition) is 0. The van der Waals surface area contributed by atoms with Crippen LogP contribution >= 0.6 is 0 Å². The Labute approximate surface area is 110 Å². The average Bonchev–Trinajstić information content (AvgIpc) is 2.36. The molecule has 0 aromatic heterocycles. The molecule has 2 N–H and O–H groups in total. The normalized spacial score (nSPS) is 12.3. The zero-order chi connectivity index (χ0) is 11.6. The summed E-state index contributed by atoms with van der Waals surface area (Å²) in [5.41, 5.74) is 13.2. The summed E-state index contributed by atoms with van der Waals surface area (Å²) in [6.45, 7) is 7.33. The van der Waals surface area contributed by atoms with Gasteiger partial charge in [-0.15, -0.1) is 12.1 Å². The fourth-order valence-corrected chi connectivity index (χ4v) is 0.735. The Morgan fingerprint density at radius 3 is 1.53 bits per heavy atom. The molecule has 0 spiro atoms. The molecule has 0 saturated carbocycles. The van der Waals surface area contributed by atoms with Crippen molar-refractivity contribution >= 4 is 0 Å². The first-order valence-corrected chi connectivity index (χ1v) is 5.53. The Kier molecular flexibility index (Phi) is 19.7. The van der Waals surface area contributed by atoms with E-state index in [-0.39, 0.29) is 24.5 Å². The Hall–Kier alpha value is 0.274. The first kappa shape index (κ1) is 20.7. The van der Waals surface area contributed by atoms with Gasteiger partial charge in [-0.25, -0.2) is 0 Å². The Morgan fingerprint density at radius 1 is 1.13 bits per heavy atom. The van der Waals surface area contributed by atoms with Gasteiger partial charge in [0.25, 0.3) is 0 Å². The van der Waals surface area contributed by atoms with Crippen LogP contribution in [0.1, 0.15) is 34.1 Å². The second kappa shape index (κ2) is 14.3. The SMILES string of the molecule is CC(C)[NH-].CC(C)[NH-].[Cl-].[V+3][C]1=CC=CC1. The van der Waals surface area contributed by atoms with E-state index in [1.54, 1.807) is 0 Å². The first-order valence-electron chi connectivity index (χ1n) is 4.83. The predicted octanol–water partition coefficient (Wildman–Crippen LogP) is 1.28. The van der Waals surface area contributed by atoms with Gasteiger partial charge in [0.1, 0.15) is 0 Å². The number of halogens is 1. The summed E-state index contributed by atoms with van der Waals surface area (Å²) in [7, 11) is 0. The van der Waals surface area contributed by atoms with Gasteiger partial charge in [-0.05, 0) is 0 Å². The first-order chi connectivity index (χ1) is 6.36. The second-order valence-electron chi connectivity index (χ2n) is 3.60. The van der Waals surface area contributed by atoms with E-state index in [1.165, 1.54) is 4.28 Å². The van der Waals surface area contributed by atoms with E-state index < -0.39 is 0 Å². The van der Waals surface area contributed by atoms with E-state index in [4.69, 9.17) is 11.5 Å². The minimum atomic E-state index is 0. The van der Waals surface area contributed by atoms with E-state index in [0.29, 0.717) is 0 Å². The van der Waals surface area contributed by atoms with E-state index in [1.807, 2.05) is 27.7 Å². The standard InChI is InChI=1S/C5H5.2C3H8N.ClH.V/c1-2-4-5-3-1;2*1-3(2)4;;/h1-3H,4H2;2*3-4H,1-2H3;1H;/q;2*-1;;+3/p-1. The molecule has 0 aromatic rings. The molecule has 0 aliphatic heterocycles. The molecule has 1 aliphatic rings. The second-order valence-corrected chi connectivity index (χ2v) is 4.50. The molecular formula is C11H21ClN2V. The maximum absolute atomic E-state index is 6.58. The summed E-state index contributed by atoms with van der Waals surface area (Å²) in [4.78, 5) is 0. The van der Waals surface area contributed by atoms with Gasteiger partial charge in [0.05, 0.1) is 0 Å². The number of rotatable bonds is 0. The van der Waals surface area contributed by atoms with Crippen molar-refractivity contribution in [3.8, 4) is 0 Å². The van der Waals surface area contributed by atoms with Crippen LogP contribution in [-0.2, 0) is 17.4 Å². The number of allylic oxidation sites excluding steroid dienone is 4. The van der Waals surface area contributed by atoms with Crippen LogP contribution in [0.15, 0.2) is 22.5 Å². The van der Waals surface area contributed by atoms with Crippen LogP contribution in [0.4, 0.5) is 0 Å². The summed E-state index contributed by atoms with van der Waals surface area (Å²) >= 11 is 2.54. The molecule has 1 rings (SSSR count). The molecule has 0 radical (unpaired) electrons. The van der Waals surface area contributed by atoms with Crippen LogP contribution in [-0.4, -0.2) is 12.1 Å². The molecule has 0 fully saturated rings. The quantitative estimate of drug-likeness (QED) is 0.635. The molecule has 87 valence electrons. The van der Waals surface area contributed by atoms with Crippen molar-refractivity contribution in [1.29, 1.82) is 0 Å². The molecule has 2 nitrogen and oxygen atoms in total. The van der Waals surface area contributed by atoms with E-state index in [2.05, 4.69) is 35.7 Å². The van der Waals surface area contributed by atoms with Crippen molar-refractivity contribution < 1.29 is 29.8 Å². The van der Waals surface area contributed by atoms with Crippen LogP contribution < -0.4 is 12.4 Å². The zero-order valence-corrected chi connectivity index (χ0v) is 12.1.